The van der Waals surface area contributed by atoms with Crippen LogP contribution in [0.15, 0.2) is 30.3 Å². The van der Waals surface area contributed by atoms with Gasteiger partial charge in [-0.3, -0.25) is 4.90 Å². The minimum Gasteiger partial charge on any atom is -0.396 e. The molecule has 1 aromatic carbocycles. The summed E-state index contributed by atoms with van der Waals surface area (Å²) in [6.45, 7) is 3.68. The Morgan fingerprint density at radius 2 is 2.12 bits per heavy atom. The molecular formula is C15H21NO. The number of hydrogen-bond acceptors (Lipinski definition) is 2. The molecule has 1 aliphatic heterocycles. The van der Waals surface area contributed by atoms with Gasteiger partial charge in [0.05, 0.1) is 6.61 Å². The quantitative estimate of drug-likeness (QED) is 0.862. The van der Waals surface area contributed by atoms with Crippen molar-refractivity contribution in [3.63, 3.8) is 0 Å². The van der Waals surface area contributed by atoms with Gasteiger partial charge in [0.15, 0.2) is 0 Å². The molecule has 1 N–H and O–H groups in total. The summed E-state index contributed by atoms with van der Waals surface area (Å²) in [5.41, 5.74) is 1.62. The van der Waals surface area contributed by atoms with Crippen LogP contribution in [-0.2, 0) is 6.54 Å². The Kier molecular flexibility index (Phi) is 2.93. The van der Waals surface area contributed by atoms with Gasteiger partial charge < -0.3 is 5.11 Å². The SMILES string of the molecule is OC[C@@]12CCC[C@@H]1CN(Cc1ccccc1)C2. The van der Waals surface area contributed by atoms with E-state index in [9.17, 15) is 5.11 Å². The third-order valence-electron chi connectivity index (χ3n) is 4.67. The predicted octanol–water partition coefficient (Wildman–Crippen LogP) is 2.28. The predicted molar refractivity (Wildman–Crippen MR) is 68.6 cm³/mol. The average Bonchev–Trinajstić information content (AvgIpc) is 2.87. The fourth-order valence-electron chi connectivity index (χ4n) is 3.75. The highest BCUT2D eigenvalue weighted by atomic mass is 16.3. The minimum atomic E-state index is 0.231. The highest BCUT2D eigenvalue weighted by Gasteiger charge is 2.48. The minimum absolute atomic E-state index is 0.231. The van der Waals surface area contributed by atoms with Crippen molar-refractivity contribution in [3.05, 3.63) is 35.9 Å². The first kappa shape index (κ1) is 11.2. The Balaban J connectivity index is 1.68. The molecule has 1 aromatic rings. The summed E-state index contributed by atoms with van der Waals surface area (Å²) in [4.78, 5) is 2.52. The van der Waals surface area contributed by atoms with E-state index in [1.807, 2.05) is 0 Å². The molecule has 0 amide bonds. The maximum atomic E-state index is 9.68. The first-order chi connectivity index (χ1) is 8.32. The Labute approximate surface area is 103 Å². The van der Waals surface area contributed by atoms with E-state index in [2.05, 4.69) is 35.2 Å². The van der Waals surface area contributed by atoms with Gasteiger partial charge in [-0.2, -0.15) is 0 Å². The Hall–Kier alpha value is -0.860. The van der Waals surface area contributed by atoms with Crippen LogP contribution in [-0.4, -0.2) is 29.7 Å². The molecule has 1 saturated heterocycles. The molecular weight excluding hydrogens is 210 g/mol. The molecule has 17 heavy (non-hydrogen) atoms. The molecule has 0 bridgehead atoms. The first-order valence-corrected chi connectivity index (χ1v) is 6.69. The summed E-state index contributed by atoms with van der Waals surface area (Å²) in [6.07, 6.45) is 3.84. The van der Waals surface area contributed by atoms with E-state index in [1.54, 1.807) is 0 Å². The van der Waals surface area contributed by atoms with Crippen molar-refractivity contribution in [2.24, 2.45) is 11.3 Å². The van der Waals surface area contributed by atoms with E-state index < -0.39 is 0 Å². The van der Waals surface area contributed by atoms with E-state index >= 15 is 0 Å². The van der Waals surface area contributed by atoms with Crippen molar-refractivity contribution in [2.75, 3.05) is 19.7 Å². The van der Waals surface area contributed by atoms with Gasteiger partial charge in [-0.1, -0.05) is 36.8 Å². The molecule has 0 unspecified atom stereocenters. The van der Waals surface area contributed by atoms with E-state index in [1.165, 1.54) is 31.4 Å². The fraction of sp³-hybridized carbons (Fsp3) is 0.600. The second-order valence-corrected chi connectivity index (χ2v) is 5.76. The molecule has 2 heteroatoms. The van der Waals surface area contributed by atoms with Crippen LogP contribution in [0.5, 0.6) is 0 Å². The lowest BCUT2D eigenvalue weighted by atomic mass is 9.82. The summed E-state index contributed by atoms with van der Waals surface area (Å²) in [5, 5.41) is 9.68. The number of fused-ring (bicyclic) bond motifs is 1. The summed E-state index contributed by atoms with van der Waals surface area (Å²) in [7, 11) is 0. The summed E-state index contributed by atoms with van der Waals surface area (Å²) < 4.78 is 0. The fourth-order valence-corrected chi connectivity index (χ4v) is 3.75. The zero-order valence-corrected chi connectivity index (χ0v) is 10.3. The number of aliphatic hydroxyl groups excluding tert-OH is 1. The van der Waals surface area contributed by atoms with Crippen LogP contribution in [0.25, 0.3) is 0 Å². The lowest BCUT2D eigenvalue weighted by Gasteiger charge is -2.26. The summed E-state index contributed by atoms with van der Waals surface area (Å²) in [5.74, 6) is 0.733. The van der Waals surface area contributed by atoms with E-state index in [4.69, 9.17) is 0 Å². The van der Waals surface area contributed by atoms with Crippen molar-refractivity contribution < 1.29 is 5.11 Å². The molecule has 0 radical (unpaired) electrons. The van der Waals surface area contributed by atoms with Gasteiger partial charge in [0.25, 0.3) is 0 Å². The lowest BCUT2D eigenvalue weighted by Crippen LogP contribution is -2.30. The largest absolute Gasteiger partial charge is 0.396 e. The van der Waals surface area contributed by atoms with Crippen molar-refractivity contribution in [1.29, 1.82) is 0 Å². The van der Waals surface area contributed by atoms with Crippen LogP contribution in [0.4, 0.5) is 0 Å². The summed E-state index contributed by atoms with van der Waals surface area (Å²) >= 11 is 0. The number of likely N-dealkylation sites (tertiary alicyclic amines) is 1. The summed E-state index contributed by atoms with van der Waals surface area (Å²) in [6, 6.07) is 10.7. The maximum absolute atomic E-state index is 9.68. The van der Waals surface area contributed by atoms with Crippen molar-refractivity contribution in [1.82, 2.24) is 4.90 Å². The molecule has 1 heterocycles. The van der Waals surface area contributed by atoms with Crippen LogP contribution in [0.3, 0.4) is 0 Å². The monoisotopic (exact) mass is 231 g/mol. The van der Waals surface area contributed by atoms with Gasteiger partial charge in [-0.25, -0.2) is 0 Å². The van der Waals surface area contributed by atoms with Gasteiger partial charge in [-0.15, -0.1) is 0 Å². The molecule has 1 saturated carbocycles. The molecule has 92 valence electrons. The van der Waals surface area contributed by atoms with Crippen molar-refractivity contribution in [3.8, 4) is 0 Å². The molecule has 2 nitrogen and oxygen atoms in total. The van der Waals surface area contributed by atoms with Crippen molar-refractivity contribution >= 4 is 0 Å². The van der Waals surface area contributed by atoms with Crippen LogP contribution in [0.2, 0.25) is 0 Å². The van der Waals surface area contributed by atoms with Gasteiger partial charge in [0.2, 0.25) is 0 Å². The standard InChI is InChI=1S/C15H21NO/c17-12-15-8-4-7-14(15)10-16(11-15)9-13-5-2-1-3-6-13/h1-3,5-6,14,17H,4,7-12H2/t14-,15+/m1/s1. The zero-order valence-electron chi connectivity index (χ0n) is 10.3. The van der Waals surface area contributed by atoms with Gasteiger partial charge in [0.1, 0.15) is 0 Å². The highest BCUT2D eigenvalue weighted by molar-refractivity contribution is 5.15. The molecule has 1 aliphatic carbocycles. The number of rotatable bonds is 3. The molecule has 2 atom stereocenters. The number of hydrogen-bond donors (Lipinski definition) is 1. The number of aliphatic hydroxyl groups is 1. The van der Waals surface area contributed by atoms with E-state index in [0.29, 0.717) is 6.61 Å². The van der Waals surface area contributed by atoms with Gasteiger partial charge in [0, 0.05) is 25.0 Å². The van der Waals surface area contributed by atoms with Crippen LogP contribution >= 0.6 is 0 Å². The molecule has 2 aliphatic rings. The molecule has 0 aromatic heterocycles. The van der Waals surface area contributed by atoms with Crippen LogP contribution < -0.4 is 0 Å². The van der Waals surface area contributed by atoms with Gasteiger partial charge in [-0.05, 0) is 24.3 Å². The molecule has 3 rings (SSSR count). The third-order valence-corrected chi connectivity index (χ3v) is 4.67. The van der Waals surface area contributed by atoms with Crippen LogP contribution in [0, 0.1) is 11.3 Å². The molecule has 0 spiro atoms. The third kappa shape index (κ3) is 2.00. The van der Waals surface area contributed by atoms with Crippen LogP contribution in [0.1, 0.15) is 24.8 Å². The normalized spacial score (nSPS) is 32.9. The van der Waals surface area contributed by atoms with Crippen molar-refractivity contribution in [2.45, 2.75) is 25.8 Å². The number of benzene rings is 1. The van der Waals surface area contributed by atoms with Gasteiger partial charge >= 0.3 is 0 Å². The zero-order chi connectivity index (χ0) is 11.7. The topological polar surface area (TPSA) is 23.5 Å². The maximum Gasteiger partial charge on any atom is 0.0502 e. The second kappa shape index (κ2) is 4.43. The van der Waals surface area contributed by atoms with E-state index in [0.717, 1.165) is 19.0 Å². The smallest absolute Gasteiger partial charge is 0.0502 e. The highest BCUT2D eigenvalue weighted by Crippen LogP contribution is 2.48. The lowest BCUT2D eigenvalue weighted by molar-refractivity contribution is 0.111. The Bertz CT molecular complexity index is 378. The number of nitrogens with zero attached hydrogens (tertiary/aromatic N) is 1. The molecule has 2 fully saturated rings. The first-order valence-electron chi connectivity index (χ1n) is 6.69. The average molecular weight is 231 g/mol. The second-order valence-electron chi connectivity index (χ2n) is 5.76. The van der Waals surface area contributed by atoms with E-state index in [-0.39, 0.29) is 5.41 Å². The Morgan fingerprint density at radius 3 is 2.82 bits per heavy atom. The Morgan fingerprint density at radius 1 is 1.29 bits per heavy atom.